The first-order valence-electron chi connectivity index (χ1n) is 7.36. The van der Waals surface area contributed by atoms with Crippen molar-refractivity contribution in [1.29, 1.82) is 0 Å². The molecule has 23 heavy (non-hydrogen) atoms. The summed E-state index contributed by atoms with van der Waals surface area (Å²) in [5, 5.41) is 2.77. The minimum atomic E-state index is -0.548. The zero-order valence-electron chi connectivity index (χ0n) is 12.6. The van der Waals surface area contributed by atoms with Gasteiger partial charge in [0.25, 0.3) is 0 Å². The van der Waals surface area contributed by atoms with E-state index in [0.717, 1.165) is 11.1 Å². The van der Waals surface area contributed by atoms with Gasteiger partial charge in [0.2, 0.25) is 5.91 Å². The maximum atomic E-state index is 13.2. The third kappa shape index (κ3) is 3.23. The van der Waals surface area contributed by atoms with Crippen molar-refractivity contribution >= 4 is 11.9 Å². The van der Waals surface area contributed by atoms with Crippen molar-refractivity contribution in [2.75, 3.05) is 0 Å². The summed E-state index contributed by atoms with van der Waals surface area (Å²) in [6, 6.07) is 11.8. The number of hydrogen-bond donors (Lipinski definition) is 1. The molecule has 4 nitrogen and oxygen atoms in total. The molecule has 3 rings (SSSR count). The lowest BCUT2D eigenvalue weighted by Crippen LogP contribution is -2.24. The van der Waals surface area contributed by atoms with E-state index >= 15 is 0 Å². The highest BCUT2D eigenvalue weighted by Gasteiger charge is 2.31. The van der Waals surface area contributed by atoms with Gasteiger partial charge in [-0.3, -0.25) is 4.79 Å². The molecule has 0 bridgehead atoms. The lowest BCUT2D eigenvalue weighted by atomic mass is 10.0. The molecule has 1 heterocycles. The van der Waals surface area contributed by atoms with Crippen molar-refractivity contribution < 1.29 is 18.7 Å². The average Bonchev–Trinajstić information content (AvgIpc) is 2.85. The number of rotatable bonds is 4. The summed E-state index contributed by atoms with van der Waals surface area (Å²) in [7, 11) is 0. The first kappa shape index (κ1) is 15.2. The quantitative estimate of drug-likeness (QED) is 0.883. The van der Waals surface area contributed by atoms with E-state index < -0.39 is 12.1 Å². The molecule has 0 spiro atoms. The molecule has 1 aliphatic heterocycles. The molecule has 0 aliphatic carbocycles. The van der Waals surface area contributed by atoms with E-state index in [9.17, 15) is 14.0 Å². The van der Waals surface area contributed by atoms with Gasteiger partial charge < -0.3 is 10.1 Å². The Bertz CT molecular complexity index is 773. The maximum absolute atomic E-state index is 13.2. The molecule has 2 aromatic carbocycles. The molecule has 1 aliphatic rings. The number of carbonyl (C=O) groups excluding carboxylic acids is 2. The van der Waals surface area contributed by atoms with Gasteiger partial charge in [0.05, 0.1) is 12.0 Å². The third-order valence-electron chi connectivity index (χ3n) is 3.86. The number of aryl methyl sites for hydroxylation is 1. The van der Waals surface area contributed by atoms with Gasteiger partial charge in [-0.05, 0) is 30.2 Å². The smallest absolute Gasteiger partial charge is 0.339 e. The lowest BCUT2D eigenvalue weighted by molar-refractivity contribution is -0.123. The van der Waals surface area contributed by atoms with Gasteiger partial charge in [-0.2, -0.15) is 0 Å². The Morgan fingerprint density at radius 1 is 1.26 bits per heavy atom. The predicted octanol–water partition coefficient (Wildman–Crippen LogP) is 3.05. The van der Waals surface area contributed by atoms with E-state index in [0.29, 0.717) is 17.7 Å². The number of benzene rings is 2. The zero-order chi connectivity index (χ0) is 16.4. The maximum Gasteiger partial charge on any atom is 0.339 e. The second kappa shape index (κ2) is 6.20. The number of carbonyl (C=O) groups is 2. The molecule has 2 aromatic rings. The van der Waals surface area contributed by atoms with Gasteiger partial charge in [0.1, 0.15) is 11.9 Å². The molecule has 0 saturated carbocycles. The van der Waals surface area contributed by atoms with Crippen LogP contribution in [0.2, 0.25) is 0 Å². The Kier molecular flexibility index (Phi) is 4.10. The Morgan fingerprint density at radius 3 is 2.83 bits per heavy atom. The van der Waals surface area contributed by atoms with E-state index in [1.165, 1.54) is 6.07 Å². The van der Waals surface area contributed by atoms with Crippen molar-refractivity contribution in [3.05, 3.63) is 70.5 Å². The molecule has 1 atom stereocenters. The topological polar surface area (TPSA) is 55.4 Å². The molecule has 118 valence electrons. The molecule has 0 radical (unpaired) electrons. The Hall–Kier alpha value is -2.69. The molecule has 0 saturated heterocycles. The predicted molar refractivity (Wildman–Crippen MR) is 82.2 cm³/mol. The number of ether oxygens (including phenoxy) is 1. The van der Waals surface area contributed by atoms with Crippen molar-refractivity contribution in [3.63, 3.8) is 0 Å². The summed E-state index contributed by atoms with van der Waals surface area (Å²) in [4.78, 5) is 23.8. The van der Waals surface area contributed by atoms with Crippen LogP contribution in [0.25, 0.3) is 0 Å². The second-order valence-electron chi connectivity index (χ2n) is 5.55. The summed E-state index contributed by atoms with van der Waals surface area (Å²) < 4.78 is 18.4. The number of cyclic esters (lactones) is 1. The van der Waals surface area contributed by atoms with Crippen LogP contribution in [0.5, 0.6) is 0 Å². The minimum Gasteiger partial charge on any atom is -0.453 e. The van der Waals surface area contributed by atoms with Crippen LogP contribution in [0.1, 0.15) is 39.6 Å². The lowest BCUT2D eigenvalue weighted by Gasteiger charge is -2.11. The van der Waals surface area contributed by atoms with E-state index in [-0.39, 0.29) is 18.1 Å². The molecule has 1 amide bonds. The van der Waals surface area contributed by atoms with Crippen LogP contribution >= 0.6 is 0 Å². The van der Waals surface area contributed by atoms with Crippen molar-refractivity contribution in [3.8, 4) is 0 Å². The highest BCUT2D eigenvalue weighted by molar-refractivity contribution is 5.94. The average molecular weight is 313 g/mol. The third-order valence-corrected chi connectivity index (χ3v) is 3.86. The van der Waals surface area contributed by atoms with E-state index in [4.69, 9.17) is 4.74 Å². The largest absolute Gasteiger partial charge is 0.453 e. The Morgan fingerprint density at radius 2 is 2.04 bits per heavy atom. The summed E-state index contributed by atoms with van der Waals surface area (Å²) in [5.41, 5.74) is 2.61. The monoisotopic (exact) mass is 313 g/mol. The van der Waals surface area contributed by atoms with Crippen molar-refractivity contribution in [2.45, 2.75) is 26.0 Å². The van der Waals surface area contributed by atoms with E-state index in [1.807, 2.05) is 6.07 Å². The number of fused-ring (bicyclic) bond motifs is 1. The first-order chi connectivity index (χ1) is 11.0. The van der Waals surface area contributed by atoms with Gasteiger partial charge in [0.15, 0.2) is 0 Å². The highest BCUT2D eigenvalue weighted by Crippen LogP contribution is 2.32. The fourth-order valence-corrected chi connectivity index (χ4v) is 2.63. The zero-order valence-corrected chi connectivity index (χ0v) is 12.6. The number of esters is 1. The van der Waals surface area contributed by atoms with Crippen LogP contribution in [0, 0.1) is 12.7 Å². The van der Waals surface area contributed by atoms with E-state index in [1.54, 1.807) is 37.3 Å². The fraction of sp³-hybridized carbons (Fsp3) is 0.222. The van der Waals surface area contributed by atoms with Gasteiger partial charge in [-0.15, -0.1) is 0 Å². The van der Waals surface area contributed by atoms with Crippen LogP contribution < -0.4 is 5.32 Å². The van der Waals surface area contributed by atoms with Gasteiger partial charge >= 0.3 is 5.97 Å². The molecule has 0 fully saturated rings. The first-order valence-corrected chi connectivity index (χ1v) is 7.36. The molecule has 1 N–H and O–H groups in total. The minimum absolute atomic E-state index is 0.0724. The summed E-state index contributed by atoms with van der Waals surface area (Å²) >= 11 is 0. The molecule has 0 aromatic heterocycles. The van der Waals surface area contributed by atoms with Crippen LogP contribution in [-0.4, -0.2) is 11.9 Å². The van der Waals surface area contributed by atoms with Crippen LogP contribution in [-0.2, 0) is 16.1 Å². The van der Waals surface area contributed by atoms with Crippen LogP contribution in [0.3, 0.4) is 0 Å². The Balaban J connectivity index is 1.60. The van der Waals surface area contributed by atoms with Crippen molar-refractivity contribution in [2.24, 2.45) is 0 Å². The summed E-state index contributed by atoms with van der Waals surface area (Å²) in [6.45, 7) is 1.98. The van der Waals surface area contributed by atoms with Gasteiger partial charge in [0, 0.05) is 12.1 Å². The van der Waals surface area contributed by atoms with Crippen LogP contribution in [0.4, 0.5) is 4.39 Å². The number of nitrogens with one attached hydrogen (secondary N) is 1. The molecule has 0 unspecified atom stereocenters. The number of halogens is 1. The molecular weight excluding hydrogens is 297 g/mol. The fourth-order valence-electron chi connectivity index (χ4n) is 2.63. The highest BCUT2D eigenvalue weighted by atomic mass is 19.1. The number of amides is 1. The second-order valence-corrected chi connectivity index (χ2v) is 5.55. The normalized spacial score (nSPS) is 15.9. The van der Waals surface area contributed by atoms with E-state index in [2.05, 4.69) is 5.32 Å². The SMILES string of the molecule is Cc1cc(CNC(=O)C[C@@H]2OC(=O)c3ccccc32)ccc1F. The van der Waals surface area contributed by atoms with Crippen LogP contribution in [0.15, 0.2) is 42.5 Å². The molecule has 5 heteroatoms. The summed E-state index contributed by atoms with van der Waals surface area (Å²) in [6.07, 6.45) is -0.475. The standard InChI is InChI=1S/C18H16FNO3/c1-11-8-12(6-7-15(11)19)10-20-17(21)9-16-13-4-2-3-5-14(13)18(22)23-16/h2-8,16H,9-10H2,1H3,(H,20,21)/t16-/m0/s1. The number of hydrogen-bond acceptors (Lipinski definition) is 3. The molecular formula is C18H16FNO3. The van der Waals surface area contributed by atoms with Gasteiger partial charge in [-0.1, -0.05) is 30.3 Å². The Labute approximate surface area is 133 Å². The van der Waals surface area contributed by atoms with Crippen molar-refractivity contribution in [1.82, 2.24) is 5.32 Å². The van der Waals surface area contributed by atoms with Gasteiger partial charge in [-0.25, -0.2) is 9.18 Å². The summed E-state index contributed by atoms with van der Waals surface area (Å²) in [5.74, 6) is -0.886.